The zero-order chi connectivity index (χ0) is 31.6. The van der Waals surface area contributed by atoms with Gasteiger partial charge in [-0.3, -0.25) is 4.79 Å². The molecular weight excluding hydrogens is 613 g/mol. The minimum atomic E-state index is -3.95. The highest BCUT2D eigenvalue weighted by molar-refractivity contribution is 7.92. The Hall–Kier alpha value is -3.18. The molecule has 0 spiro atoms. The molecular formula is C33H34ClF3N2O4S. The zero-order valence-corrected chi connectivity index (χ0v) is 25.9. The van der Waals surface area contributed by atoms with Crippen LogP contribution in [-0.2, 0) is 21.2 Å². The molecule has 11 heteroatoms. The molecule has 6 nitrogen and oxygen atoms in total. The fraction of sp³-hybridized carbons (Fsp3) is 0.364. The number of halogens is 4. The predicted octanol–water partition coefficient (Wildman–Crippen LogP) is 7.50. The van der Waals surface area contributed by atoms with Crippen molar-refractivity contribution in [2.75, 3.05) is 11.9 Å². The van der Waals surface area contributed by atoms with Gasteiger partial charge in [-0.25, -0.2) is 21.6 Å². The number of sulfone groups is 1. The molecule has 1 amide bonds. The Labute approximate surface area is 260 Å². The van der Waals surface area contributed by atoms with Crippen molar-refractivity contribution in [3.63, 3.8) is 0 Å². The minimum Gasteiger partial charge on any atom is -0.322 e. The van der Waals surface area contributed by atoms with Crippen molar-refractivity contribution >= 4 is 33.0 Å². The molecule has 2 bridgehead atoms. The summed E-state index contributed by atoms with van der Waals surface area (Å²) in [5, 5.41) is 1.58. The summed E-state index contributed by atoms with van der Waals surface area (Å²) in [6.07, 6.45) is 4.23. The molecule has 3 aromatic rings. The fourth-order valence-corrected chi connectivity index (χ4v) is 9.00. The molecule has 0 aromatic heterocycles. The Morgan fingerprint density at radius 3 is 2.41 bits per heavy atom. The van der Waals surface area contributed by atoms with Gasteiger partial charge in [0, 0.05) is 29.9 Å². The Morgan fingerprint density at radius 1 is 1.02 bits per heavy atom. The second-order valence-corrected chi connectivity index (χ2v) is 14.2. The SMILES string of the molecule is CC(CONCc1ccccc1)C(C)C1=C[C@@H]2CCC(C1)C2S(=O)(=O)c1cc(C(=O)Nc2cc(F)c(F)c(F)c2)ccc1Cl. The van der Waals surface area contributed by atoms with E-state index in [2.05, 4.69) is 30.7 Å². The van der Waals surface area contributed by atoms with E-state index in [1.807, 2.05) is 30.3 Å². The lowest BCUT2D eigenvalue weighted by atomic mass is 9.79. The third-order valence-corrected chi connectivity index (χ3v) is 11.6. The number of rotatable bonds is 11. The number of nitrogens with one attached hydrogen (secondary N) is 2. The van der Waals surface area contributed by atoms with Crippen LogP contribution in [0.3, 0.4) is 0 Å². The van der Waals surface area contributed by atoms with Crippen LogP contribution in [0.5, 0.6) is 0 Å². The molecule has 4 unspecified atom stereocenters. The van der Waals surface area contributed by atoms with Crippen LogP contribution in [0.2, 0.25) is 5.02 Å². The first kappa shape index (κ1) is 32.2. The first-order chi connectivity index (χ1) is 21.0. The summed E-state index contributed by atoms with van der Waals surface area (Å²) in [7, 11) is -3.95. The normalized spacial score (nSPS) is 21.0. The maximum absolute atomic E-state index is 14.0. The number of hydroxylamine groups is 1. The van der Waals surface area contributed by atoms with Gasteiger partial charge in [0.25, 0.3) is 5.91 Å². The molecule has 0 radical (unpaired) electrons. The molecule has 3 aromatic carbocycles. The largest absolute Gasteiger partial charge is 0.322 e. The highest BCUT2D eigenvalue weighted by atomic mass is 35.5. The van der Waals surface area contributed by atoms with Gasteiger partial charge in [-0.1, -0.05) is 67.4 Å². The topological polar surface area (TPSA) is 84.5 Å². The van der Waals surface area contributed by atoms with Crippen molar-refractivity contribution in [3.05, 3.63) is 106 Å². The first-order valence-electron chi connectivity index (χ1n) is 14.5. The fourth-order valence-electron chi connectivity index (χ4n) is 6.22. The molecule has 0 aliphatic heterocycles. The Kier molecular flexibility index (Phi) is 9.84. The van der Waals surface area contributed by atoms with Crippen molar-refractivity contribution in [1.29, 1.82) is 0 Å². The van der Waals surface area contributed by atoms with E-state index in [0.29, 0.717) is 31.7 Å². The Bertz CT molecular complexity index is 1650. The Morgan fingerprint density at radius 2 is 1.73 bits per heavy atom. The van der Waals surface area contributed by atoms with Crippen molar-refractivity contribution < 1.29 is 31.2 Å². The quantitative estimate of drug-likeness (QED) is 0.0976. The number of fused-ring (bicyclic) bond motifs is 2. The number of benzene rings is 3. The number of carbonyl (C=O) groups is 1. The van der Waals surface area contributed by atoms with E-state index in [0.717, 1.165) is 18.4 Å². The lowest BCUT2D eigenvalue weighted by Gasteiger charge is -2.33. The third kappa shape index (κ3) is 6.88. The summed E-state index contributed by atoms with van der Waals surface area (Å²) in [4.78, 5) is 18.4. The zero-order valence-electron chi connectivity index (χ0n) is 24.3. The van der Waals surface area contributed by atoms with Crippen molar-refractivity contribution in [2.24, 2.45) is 23.7 Å². The second kappa shape index (κ2) is 13.4. The second-order valence-electron chi connectivity index (χ2n) is 11.7. The van der Waals surface area contributed by atoms with E-state index in [9.17, 15) is 26.4 Å². The summed E-state index contributed by atoms with van der Waals surface area (Å²) < 4.78 is 68.6. The summed E-state index contributed by atoms with van der Waals surface area (Å²) in [6.45, 7) is 5.36. The first-order valence-corrected chi connectivity index (χ1v) is 16.5. The Balaban J connectivity index is 1.27. The van der Waals surface area contributed by atoms with Crippen LogP contribution >= 0.6 is 11.6 Å². The van der Waals surface area contributed by atoms with E-state index in [1.54, 1.807) is 0 Å². The van der Waals surface area contributed by atoms with Gasteiger partial charge in [0.05, 0.1) is 21.8 Å². The molecule has 44 heavy (non-hydrogen) atoms. The summed E-state index contributed by atoms with van der Waals surface area (Å²) >= 11 is 6.37. The van der Waals surface area contributed by atoms with Gasteiger partial charge < -0.3 is 10.2 Å². The summed E-state index contributed by atoms with van der Waals surface area (Å²) in [5.41, 5.74) is 4.98. The van der Waals surface area contributed by atoms with Crippen molar-refractivity contribution in [2.45, 2.75) is 49.8 Å². The van der Waals surface area contributed by atoms with Crippen LogP contribution in [-0.4, -0.2) is 26.2 Å². The maximum atomic E-state index is 14.0. The summed E-state index contributed by atoms with van der Waals surface area (Å²) in [6, 6.07) is 15.1. The molecule has 1 fully saturated rings. The van der Waals surface area contributed by atoms with E-state index >= 15 is 0 Å². The molecule has 1 saturated carbocycles. The average Bonchev–Trinajstić information content (AvgIpc) is 3.28. The number of allylic oxidation sites excluding steroid dienone is 2. The van der Waals surface area contributed by atoms with E-state index in [-0.39, 0.29) is 44.8 Å². The van der Waals surface area contributed by atoms with E-state index < -0.39 is 38.4 Å². The average molecular weight is 647 g/mol. The highest BCUT2D eigenvalue weighted by Crippen LogP contribution is 2.49. The van der Waals surface area contributed by atoms with Gasteiger partial charge in [0.15, 0.2) is 27.3 Å². The standard InChI is InChI=1S/C33H34ClF3N2O4S/c1-19(18-43-38-17-21-6-4-3-5-7-21)20(2)25-12-22-8-9-23(13-25)32(22)44(41,42)30-14-24(10-11-27(30)34)33(40)39-26-15-28(35)31(37)29(36)16-26/h3-7,10-12,14-16,19-20,22-23,32,38H,8-9,13,17-18H2,1-2H3,(H,39,40)/t19?,20?,22-,23?,32?/m0/s1. The van der Waals surface area contributed by atoms with Gasteiger partial charge in [0.1, 0.15) is 0 Å². The van der Waals surface area contributed by atoms with E-state index in [4.69, 9.17) is 16.4 Å². The molecule has 0 saturated heterocycles. The lowest BCUT2D eigenvalue weighted by molar-refractivity contribution is 0.00840. The van der Waals surface area contributed by atoms with Gasteiger partial charge in [-0.2, -0.15) is 5.48 Å². The molecule has 5 atom stereocenters. The van der Waals surface area contributed by atoms with Crippen LogP contribution in [0.15, 0.2) is 77.2 Å². The van der Waals surface area contributed by atoms with Crippen molar-refractivity contribution in [3.8, 4) is 0 Å². The number of anilines is 1. The van der Waals surface area contributed by atoms with Gasteiger partial charge in [0.2, 0.25) is 0 Å². The predicted molar refractivity (Wildman–Crippen MR) is 163 cm³/mol. The van der Waals surface area contributed by atoms with Crippen LogP contribution in [0.25, 0.3) is 0 Å². The lowest BCUT2D eigenvalue weighted by Crippen LogP contribution is -2.35. The van der Waals surface area contributed by atoms with Gasteiger partial charge in [-0.05, 0) is 66.7 Å². The van der Waals surface area contributed by atoms with E-state index in [1.165, 1.54) is 23.8 Å². The monoisotopic (exact) mass is 646 g/mol. The number of hydrogen-bond acceptors (Lipinski definition) is 5. The van der Waals surface area contributed by atoms with Crippen LogP contribution in [0.4, 0.5) is 18.9 Å². The molecule has 2 aliphatic carbocycles. The number of hydrogen-bond donors (Lipinski definition) is 2. The molecule has 234 valence electrons. The number of carbonyl (C=O) groups excluding carboxylic acids is 1. The highest BCUT2D eigenvalue weighted by Gasteiger charge is 2.48. The minimum absolute atomic E-state index is 0.0169. The molecule has 5 rings (SSSR count). The molecule has 2 aliphatic rings. The number of amides is 1. The van der Waals surface area contributed by atoms with Crippen LogP contribution < -0.4 is 10.8 Å². The molecule has 2 N–H and O–H groups in total. The van der Waals surface area contributed by atoms with Gasteiger partial charge >= 0.3 is 0 Å². The van der Waals surface area contributed by atoms with Gasteiger partial charge in [-0.15, -0.1) is 0 Å². The van der Waals surface area contributed by atoms with Crippen molar-refractivity contribution in [1.82, 2.24) is 5.48 Å². The third-order valence-electron chi connectivity index (χ3n) is 8.79. The van der Waals surface area contributed by atoms with Crippen LogP contribution in [0.1, 0.15) is 49.0 Å². The summed E-state index contributed by atoms with van der Waals surface area (Å²) in [5.74, 6) is -5.31. The smallest absolute Gasteiger partial charge is 0.255 e. The van der Waals surface area contributed by atoms with Crippen LogP contribution in [0, 0.1) is 41.1 Å². The molecule has 0 heterocycles. The maximum Gasteiger partial charge on any atom is 0.255 e.